The predicted octanol–water partition coefficient (Wildman–Crippen LogP) is 5.22. The number of piperazine rings is 1. The first kappa shape index (κ1) is 32.6. The van der Waals surface area contributed by atoms with E-state index in [9.17, 15) is 27.9 Å². The lowest BCUT2D eigenvalue weighted by molar-refractivity contribution is -0.136. The van der Waals surface area contributed by atoms with Gasteiger partial charge in [-0.3, -0.25) is 13.9 Å². The SMILES string of the molecule is Cc1ccc(-c2c(C)c3c(c(C)c2CC(=O)O)N(S(C)(=O)=O)Cc2cc(C(=O)N4CCN(C(=O)N5CCCCC5)CC4)ccc2-3)cc1. The molecule has 248 valence electrons. The van der Waals surface area contributed by atoms with Crippen molar-refractivity contribution in [1.29, 1.82) is 0 Å². The molecule has 47 heavy (non-hydrogen) atoms. The number of carboxylic acids is 1. The summed E-state index contributed by atoms with van der Waals surface area (Å²) in [5.74, 6) is -1.15. The Morgan fingerprint density at radius 1 is 0.766 bits per heavy atom. The maximum atomic E-state index is 13.7. The van der Waals surface area contributed by atoms with Gasteiger partial charge in [0.1, 0.15) is 0 Å². The lowest BCUT2D eigenvalue weighted by Crippen LogP contribution is -2.54. The van der Waals surface area contributed by atoms with Gasteiger partial charge in [-0.25, -0.2) is 13.2 Å². The van der Waals surface area contributed by atoms with Gasteiger partial charge < -0.3 is 19.8 Å². The van der Waals surface area contributed by atoms with Gasteiger partial charge in [0.15, 0.2) is 0 Å². The Morgan fingerprint density at radius 2 is 1.38 bits per heavy atom. The molecule has 0 aliphatic carbocycles. The summed E-state index contributed by atoms with van der Waals surface area (Å²) >= 11 is 0. The van der Waals surface area contributed by atoms with Crippen molar-refractivity contribution in [1.82, 2.24) is 14.7 Å². The van der Waals surface area contributed by atoms with E-state index < -0.39 is 16.0 Å². The minimum Gasteiger partial charge on any atom is -0.481 e. The van der Waals surface area contributed by atoms with Gasteiger partial charge in [-0.15, -0.1) is 0 Å². The number of amides is 3. The number of hydrogen-bond acceptors (Lipinski definition) is 5. The van der Waals surface area contributed by atoms with Crippen molar-refractivity contribution in [3.05, 3.63) is 75.8 Å². The molecule has 2 fully saturated rings. The second-order valence-electron chi connectivity index (χ2n) is 13.0. The largest absolute Gasteiger partial charge is 0.481 e. The zero-order chi connectivity index (χ0) is 33.6. The molecule has 3 aliphatic rings. The van der Waals surface area contributed by atoms with Crippen LogP contribution in [0.3, 0.4) is 0 Å². The van der Waals surface area contributed by atoms with Crippen LogP contribution in [-0.2, 0) is 27.8 Å². The lowest BCUT2D eigenvalue weighted by atomic mass is 9.80. The number of urea groups is 1. The minimum absolute atomic E-state index is 0.0249. The number of carboxylic acid groups (broad SMARTS) is 1. The van der Waals surface area contributed by atoms with E-state index in [2.05, 4.69) is 0 Å². The topological polar surface area (TPSA) is 119 Å². The highest BCUT2D eigenvalue weighted by Crippen LogP contribution is 2.49. The van der Waals surface area contributed by atoms with Crippen LogP contribution in [0.2, 0.25) is 0 Å². The average molecular weight is 659 g/mol. The number of hydrogen-bond donors (Lipinski definition) is 1. The monoisotopic (exact) mass is 658 g/mol. The third-order valence-corrected chi connectivity index (χ3v) is 10.9. The lowest BCUT2D eigenvalue weighted by Gasteiger charge is -2.39. The molecule has 3 aromatic rings. The molecule has 3 aliphatic heterocycles. The number of nitrogens with zero attached hydrogens (tertiary/aromatic N) is 4. The van der Waals surface area contributed by atoms with Crippen molar-refractivity contribution in [3.63, 3.8) is 0 Å². The molecule has 10 nitrogen and oxygen atoms in total. The van der Waals surface area contributed by atoms with Crippen LogP contribution in [0.4, 0.5) is 10.5 Å². The Kier molecular flexibility index (Phi) is 8.78. The summed E-state index contributed by atoms with van der Waals surface area (Å²) in [5, 5.41) is 9.89. The summed E-state index contributed by atoms with van der Waals surface area (Å²) in [4.78, 5) is 44.3. The Labute approximate surface area is 276 Å². The molecule has 0 bridgehead atoms. The molecule has 6 rings (SSSR count). The molecule has 0 atom stereocenters. The van der Waals surface area contributed by atoms with E-state index in [1.54, 1.807) is 24.0 Å². The number of carbonyl (C=O) groups is 3. The molecule has 2 saturated heterocycles. The van der Waals surface area contributed by atoms with Crippen LogP contribution in [-0.4, -0.2) is 91.7 Å². The van der Waals surface area contributed by atoms with Crippen LogP contribution >= 0.6 is 0 Å². The van der Waals surface area contributed by atoms with E-state index in [0.717, 1.165) is 72.0 Å². The number of fused-ring (bicyclic) bond motifs is 3. The molecule has 0 radical (unpaired) electrons. The van der Waals surface area contributed by atoms with E-state index in [4.69, 9.17) is 0 Å². The summed E-state index contributed by atoms with van der Waals surface area (Å²) in [5.41, 5.74) is 7.89. The molecule has 0 aromatic heterocycles. The zero-order valence-corrected chi connectivity index (χ0v) is 28.3. The first-order valence-corrected chi connectivity index (χ1v) is 18.1. The van der Waals surface area contributed by atoms with Gasteiger partial charge in [0.05, 0.1) is 24.9 Å². The second kappa shape index (κ2) is 12.7. The van der Waals surface area contributed by atoms with Crippen LogP contribution in [0, 0.1) is 20.8 Å². The van der Waals surface area contributed by atoms with Crippen molar-refractivity contribution >= 4 is 33.6 Å². The summed E-state index contributed by atoms with van der Waals surface area (Å²) in [6.07, 6.45) is 4.11. The van der Waals surface area contributed by atoms with E-state index in [1.165, 1.54) is 4.31 Å². The molecule has 1 N–H and O–H groups in total. The molecule has 3 aromatic carbocycles. The van der Waals surface area contributed by atoms with Crippen molar-refractivity contribution in [2.45, 2.75) is 53.0 Å². The van der Waals surface area contributed by atoms with Gasteiger partial charge in [-0.2, -0.15) is 0 Å². The number of carbonyl (C=O) groups excluding carboxylic acids is 2. The van der Waals surface area contributed by atoms with E-state index in [-0.39, 0.29) is 24.9 Å². The van der Waals surface area contributed by atoms with Crippen LogP contribution in [0.15, 0.2) is 42.5 Å². The molecular formula is C36H42N4O6S. The number of likely N-dealkylation sites (tertiary alicyclic amines) is 1. The Morgan fingerprint density at radius 3 is 2.00 bits per heavy atom. The number of anilines is 1. The Hall–Kier alpha value is -4.38. The molecule has 11 heteroatoms. The van der Waals surface area contributed by atoms with Crippen LogP contribution in [0.5, 0.6) is 0 Å². The third kappa shape index (κ3) is 6.20. The molecule has 0 saturated carbocycles. The molecular weight excluding hydrogens is 616 g/mol. The zero-order valence-electron chi connectivity index (χ0n) is 27.5. The van der Waals surface area contributed by atoms with Crippen molar-refractivity contribution in [2.24, 2.45) is 0 Å². The number of aliphatic carboxylic acids is 1. The van der Waals surface area contributed by atoms with Crippen LogP contribution in [0.1, 0.15) is 57.4 Å². The fourth-order valence-corrected chi connectivity index (χ4v) is 8.29. The quantitative estimate of drug-likeness (QED) is 0.402. The second-order valence-corrected chi connectivity index (χ2v) is 14.9. The van der Waals surface area contributed by atoms with Gasteiger partial charge >= 0.3 is 12.0 Å². The Bertz CT molecular complexity index is 1860. The standard InChI is InChI=1S/C36H42N4O6S/c1-23-8-10-26(11-9-23)32-25(3)33-29-13-12-27(35(43)37-16-18-39(19-17-37)36(44)38-14-6-5-7-15-38)20-28(29)22-40(47(4,45)46)34(33)24(2)30(32)21-31(41)42/h8-13,20H,5-7,14-19,21-22H2,1-4H3,(H,41,42). The first-order chi connectivity index (χ1) is 22.3. The number of piperidine rings is 1. The predicted molar refractivity (Wildman–Crippen MR) is 182 cm³/mol. The van der Waals surface area contributed by atoms with Gasteiger partial charge in [-0.05, 0) is 91.1 Å². The molecule has 0 unspecified atom stereocenters. The number of sulfonamides is 1. The highest BCUT2D eigenvalue weighted by atomic mass is 32.2. The van der Waals surface area contributed by atoms with Gasteiger partial charge in [0.25, 0.3) is 5.91 Å². The maximum absolute atomic E-state index is 13.7. The molecule has 0 spiro atoms. The smallest absolute Gasteiger partial charge is 0.320 e. The minimum atomic E-state index is -3.78. The summed E-state index contributed by atoms with van der Waals surface area (Å²) in [7, 11) is -3.78. The third-order valence-electron chi connectivity index (χ3n) is 9.81. The fraction of sp³-hybridized carbons (Fsp3) is 0.417. The molecule has 3 amide bonds. The highest BCUT2D eigenvalue weighted by Gasteiger charge is 2.35. The highest BCUT2D eigenvalue weighted by molar-refractivity contribution is 7.92. The number of aryl methyl sites for hydroxylation is 1. The van der Waals surface area contributed by atoms with Crippen LogP contribution < -0.4 is 4.31 Å². The van der Waals surface area contributed by atoms with Gasteiger partial charge in [-0.1, -0.05) is 35.9 Å². The average Bonchev–Trinajstić information content (AvgIpc) is 3.06. The normalized spacial score (nSPS) is 16.5. The summed E-state index contributed by atoms with van der Waals surface area (Å²) in [6, 6.07) is 13.4. The molecule has 3 heterocycles. The van der Waals surface area contributed by atoms with Crippen molar-refractivity contribution in [3.8, 4) is 22.3 Å². The first-order valence-electron chi connectivity index (χ1n) is 16.2. The van der Waals surface area contributed by atoms with Gasteiger partial charge in [0.2, 0.25) is 10.0 Å². The van der Waals surface area contributed by atoms with Crippen molar-refractivity contribution in [2.75, 3.05) is 49.8 Å². The van der Waals surface area contributed by atoms with E-state index in [1.807, 2.05) is 54.0 Å². The van der Waals surface area contributed by atoms with Crippen molar-refractivity contribution < 1.29 is 27.9 Å². The van der Waals surface area contributed by atoms with Crippen LogP contribution in [0.25, 0.3) is 22.3 Å². The summed E-state index contributed by atoms with van der Waals surface area (Å²) in [6.45, 7) is 9.10. The maximum Gasteiger partial charge on any atom is 0.320 e. The fourth-order valence-electron chi connectivity index (χ4n) is 7.36. The van der Waals surface area contributed by atoms with Gasteiger partial charge in [0, 0.05) is 50.4 Å². The van der Waals surface area contributed by atoms with E-state index >= 15 is 0 Å². The summed E-state index contributed by atoms with van der Waals surface area (Å²) < 4.78 is 28.0. The van der Waals surface area contributed by atoms with E-state index in [0.29, 0.717) is 54.1 Å². The number of rotatable bonds is 5. The number of benzene rings is 3. The Balaban J connectivity index is 1.37.